The van der Waals surface area contributed by atoms with Gasteiger partial charge in [0.1, 0.15) is 17.2 Å². The maximum Gasteiger partial charge on any atom is 0.323 e. The fourth-order valence-corrected chi connectivity index (χ4v) is 3.94. The summed E-state index contributed by atoms with van der Waals surface area (Å²) in [5, 5.41) is 7.46. The molecule has 0 aliphatic heterocycles. The zero-order valence-corrected chi connectivity index (χ0v) is 23.7. The van der Waals surface area contributed by atoms with Crippen molar-refractivity contribution in [1.29, 1.82) is 0 Å². The van der Waals surface area contributed by atoms with Gasteiger partial charge in [-0.15, -0.1) is 0 Å². The maximum atomic E-state index is 12.9. The summed E-state index contributed by atoms with van der Waals surface area (Å²) in [5.74, 6) is 0.557. The van der Waals surface area contributed by atoms with Crippen molar-refractivity contribution in [1.82, 2.24) is 10.3 Å². The molecule has 0 aliphatic carbocycles. The van der Waals surface area contributed by atoms with Crippen LogP contribution in [0.5, 0.6) is 11.5 Å². The molecule has 4 rings (SSSR count). The predicted molar refractivity (Wildman–Crippen MR) is 154 cm³/mol. The van der Waals surface area contributed by atoms with E-state index in [1.807, 2.05) is 6.92 Å². The minimum Gasteiger partial charge on any atom is -0.457 e. The highest BCUT2D eigenvalue weighted by atomic mass is 35.5. The summed E-state index contributed by atoms with van der Waals surface area (Å²) in [4.78, 5) is 27.7. The van der Waals surface area contributed by atoms with E-state index in [-0.39, 0.29) is 32.8 Å². The largest absolute Gasteiger partial charge is 0.457 e. The molecule has 0 fully saturated rings. The van der Waals surface area contributed by atoms with Gasteiger partial charge in [0.15, 0.2) is 0 Å². The number of carbonyl (C=O) groups is 2. The number of ether oxygens (including phenoxy) is 1. The third-order valence-corrected chi connectivity index (χ3v) is 6.56. The van der Waals surface area contributed by atoms with E-state index in [0.717, 1.165) is 11.6 Å². The Bertz CT molecular complexity index is 1650. The van der Waals surface area contributed by atoms with Crippen molar-refractivity contribution in [3.8, 4) is 11.5 Å². The van der Waals surface area contributed by atoms with Crippen LogP contribution in [0.4, 0.5) is 25.0 Å². The van der Waals surface area contributed by atoms with E-state index in [0.29, 0.717) is 17.2 Å². The molecule has 42 heavy (non-hydrogen) atoms. The molecule has 3 amide bonds. The third-order valence-electron chi connectivity index (χ3n) is 5.35. The molecule has 0 radical (unpaired) electrons. The third kappa shape index (κ3) is 9.51. The zero-order chi connectivity index (χ0) is 30.9. The SMILES string of the molecule is CNC(=O)c1cc(Oc2ccc(NC(=O)Nc3ccc(Cl)c(C(F)F)c3)cc2)ccn1.Cc1ccc(S(=O)(=O)O)cc1. The first-order valence-corrected chi connectivity index (χ1v) is 13.8. The van der Waals surface area contributed by atoms with Gasteiger partial charge in [-0.2, -0.15) is 8.42 Å². The van der Waals surface area contributed by atoms with Crippen molar-refractivity contribution in [2.24, 2.45) is 0 Å². The molecule has 0 saturated heterocycles. The standard InChI is InChI=1S/C21H17ClF2N4O3.C7H8O3S/c1-25-20(29)18-11-15(8-9-26-18)31-14-5-2-12(3-6-14)27-21(30)28-13-4-7-17(22)16(10-13)19(23)24;1-6-2-4-7(5-3-6)11(8,9)10/h2-11,19H,1H3,(H,25,29)(H2,27,28,30);2-5H,1H3,(H,8,9,10). The number of urea groups is 1. The van der Waals surface area contributed by atoms with Crippen LogP contribution in [-0.4, -0.2) is 36.9 Å². The van der Waals surface area contributed by atoms with Gasteiger partial charge in [-0.1, -0.05) is 29.3 Å². The number of amides is 3. The van der Waals surface area contributed by atoms with Crippen molar-refractivity contribution in [2.45, 2.75) is 18.2 Å². The summed E-state index contributed by atoms with van der Waals surface area (Å²) in [6.45, 7) is 1.84. The highest BCUT2D eigenvalue weighted by Crippen LogP contribution is 2.29. The first-order chi connectivity index (χ1) is 19.8. The second-order valence-corrected chi connectivity index (χ2v) is 10.3. The molecule has 10 nitrogen and oxygen atoms in total. The minimum atomic E-state index is -4.02. The summed E-state index contributed by atoms with van der Waals surface area (Å²) < 4.78 is 61.1. The van der Waals surface area contributed by atoms with E-state index >= 15 is 0 Å². The Labute approximate surface area is 245 Å². The van der Waals surface area contributed by atoms with Crippen molar-refractivity contribution in [3.05, 3.63) is 107 Å². The molecule has 220 valence electrons. The number of rotatable bonds is 7. The van der Waals surface area contributed by atoms with Gasteiger partial charge in [0.25, 0.3) is 22.5 Å². The number of pyridine rings is 1. The summed E-state index contributed by atoms with van der Waals surface area (Å²) in [7, 11) is -2.52. The van der Waals surface area contributed by atoms with Gasteiger partial charge in [-0.3, -0.25) is 14.3 Å². The monoisotopic (exact) mass is 618 g/mol. The number of halogens is 3. The Hall–Kier alpha value is -4.59. The van der Waals surface area contributed by atoms with Gasteiger partial charge in [-0.25, -0.2) is 13.6 Å². The number of nitrogens with zero attached hydrogens (tertiary/aromatic N) is 1. The Morgan fingerprint density at radius 1 is 0.905 bits per heavy atom. The molecule has 3 aromatic carbocycles. The van der Waals surface area contributed by atoms with E-state index < -0.39 is 22.6 Å². The summed E-state index contributed by atoms with van der Waals surface area (Å²) >= 11 is 5.72. The van der Waals surface area contributed by atoms with Crippen LogP contribution in [0, 0.1) is 6.92 Å². The van der Waals surface area contributed by atoms with Crippen molar-refractivity contribution < 1.29 is 36.1 Å². The molecular weight excluding hydrogens is 594 g/mol. The zero-order valence-electron chi connectivity index (χ0n) is 22.1. The molecule has 1 heterocycles. The Morgan fingerprint density at radius 2 is 1.52 bits per heavy atom. The van der Waals surface area contributed by atoms with Crippen LogP contribution in [0.25, 0.3) is 0 Å². The molecule has 0 atom stereocenters. The topological polar surface area (TPSA) is 147 Å². The van der Waals surface area contributed by atoms with Crippen LogP contribution < -0.4 is 20.7 Å². The van der Waals surface area contributed by atoms with Gasteiger partial charge < -0.3 is 20.7 Å². The number of carbonyl (C=O) groups excluding carboxylic acids is 2. The Morgan fingerprint density at radius 3 is 2.12 bits per heavy atom. The van der Waals surface area contributed by atoms with E-state index in [9.17, 15) is 26.8 Å². The summed E-state index contributed by atoms with van der Waals surface area (Å²) in [6, 6.07) is 18.7. The van der Waals surface area contributed by atoms with Gasteiger partial charge >= 0.3 is 6.03 Å². The van der Waals surface area contributed by atoms with E-state index in [4.69, 9.17) is 20.9 Å². The lowest BCUT2D eigenvalue weighted by molar-refractivity contribution is 0.0957. The quantitative estimate of drug-likeness (QED) is 0.168. The average molecular weight is 619 g/mol. The minimum absolute atomic E-state index is 0.0666. The van der Waals surface area contributed by atoms with E-state index in [1.165, 1.54) is 43.6 Å². The van der Waals surface area contributed by atoms with Crippen molar-refractivity contribution >= 4 is 45.0 Å². The molecule has 1 aromatic heterocycles. The first kappa shape index (κ1) is 31.9. The van der Waals surface area contributed by atoms with Crippen LogP contribution in [-0.2, 0) is 10.1 Å². The molecule has 4 N–H and O–H groups in total. The van der Waals surface area contributed by atoms with Crippen LogP contribution >= 0.6 is 11.6 Å². The highest BCUT2D eigenvalue weighted by Gasteiger charge is 2.14. The van der Waals surface area contributed by atoms with Crippen LogP contribution in [0.1, 0.15) is 28.0 Å². The lowest BCUT2D eigenvalue weighted by Crippen LogP contribution is -2.19. The molecule has 0 saturated carbocycles. The lowest BCUT2D eigenvalue weighted by Gasteiger charge is -2.11. The van der Waals surface area contributed by atoms with Gasteiger partial charge in [-0.05, 0) is 67.6 Å². The van der Waals surface area contributed by atoms with Gasteiger partial charge in [0.2, 0.25) is 0 Å². The molecule has 0 aliphatic rings. The molecule has 4 aromatic rings. The molecule has 0 spiro atoms. The van der Waals surface area contributed by atoms with Crippen LogP contribution in [0.2, 0.25) is 5.02 Å². The molecular formula is C28H25ClF2N4O6S. The van der Waals surface area contributed by atoms with Gasteiger partial charge in [0, 0.05) is 41.3 Å². The molecule has 0 unspecified atom stereocenters. The Kier molecular flexibility index (Phi) is 10.9. The average Bonchev–Trinajstić information content (AvgIpc) is 2.95. The lowest BCUT2D eigenvalue weighted by atomic mass is 10.2. The van der Waals surface area contributed by atoms with Crippen LogP contribution in [0.3, 0.4) is 0 Å². The Balaban J connectivity index is 0.000000369. The summed E-state index contributed by atoms with van der Waals surface area (Å²) in [5.41, 5.74) is 1.44. The number of benzene rings is 3. The van der Waals surface area contributed by atoms with Crippen molar-refractivity contribution in [2.75, 3.05) is 17.7 Å². The number of nitrogens with one attached hydrogen (secondary N) is 3. The second kappa shape index (κ2) is 14.3. The number of aryl methyl sites for hydroxylation is 1. The number of aromatic nitrogens is 1. The van der Waals surface area contributed by atoms with E-state index in [2.05, 4.69) is 20.9 Å². The van der Waals surface area contributed by atoms with Crippen LogP contribution in [0.15, 0.2) is 90.0 Å². The fraction of sp³-hybridized carbons (Fsp3) is 0.107. The molecule has 0 bridgehead atoms. The smallest absolute Gasteiger partial charge is 0.323 e. The first-order valence-electron chi connectivity index (χ1n) is 12.0. The second-order valence-electron chi connectivity index (χ2n) is 8.49. The number of alkyl halides is 2. The highest BCUT2D eigenvalue weighted by molar-refractivity contribution is 7.85. The van der Waals surface area contributed by atoms with E-state index in [1.54, 1.807) is 42.5 Å². The normalized spacial score (nSPS) is 10.7. The predicted octanol–water partition coefficient (Wildman–Crippen LogP) is 6.71. The number of anilines is 2. The summed E-state index contributed by atoms with van der Waals surface area (Å²) in [6.07, 6.45) is -1.30. The fourth-order valence-electron chi connectivity index (χ4n) is 3.26. The maximum absolute atomic E-state index is 12.9. The van der Waals surface area contributed by atoms with Crippen molar-refractivity contribution in [3.63, 3.8) is 0 Å². The number of hydrogen-bond acceptors (Lipinski definition) is 6. The van der Waals surface area contributed by atoms with Gasteiger partial charge in [0.05, 0.1) is 4.90 Å². The number of hydrogen-bond donors (Lipinski definition) is 4. The molecule has 14 heteroatoms.